The number of fused-ring (bicyclic) bond motifs is 4. The summed E-state index contributed by atoms with van der Waals surface area (Å²) in [5, 5.41) is 30.8. The first-order chi connectivity index (χ1) is 33.6. The third kappa shape index (κ3) is 12.9. The van der Waals surface area contributed by atoms with Gasteiger partial charge in [-0.1, -0.05) is 72.8 Å². The van der Waals surface area contributed by atoms with Crippen LogP contribution in [0, 0.1) is 5.92 Å². The van der Waals surface area contributed by atoms with Crippen LogP contribution >= 0.6 is 0 Å². The molecule has 69 heavy (non-hydrogen) atoms. The van der Waals surface area contributed by atoms with Gasteiger partial charge in [0.1, 0.15) is 36.0 Å². The highest BCUT2D eigenvalue weighted by atomic mass is 16.6. The third-order valence-electron chi connectivity index (χ3n) is 12.8. The van der Waals surface area contributed by atoms with Gasteiger partial charge in [-0.3, -0.25) is 14.5 Å². The van der Waals surface area contributed by atoms with E-state index in [1.165, 1.54) is 12.1 Å². The van der Waals surface area contributed by atoms with Crippen LogP contribution < -0.4 is 31.0 Å². The van der Waals surface area contributed by atoms with E-state index in [1.54, 1.807) is 55.6 Å². The number of methoxy groups -OCH3 is 1. The van der Waals surface area contributed by atoms with Crippen LogP contribution in [0.15, 0.2) is 132 Å². The molecule has 4 atom stereocenters. The number of carbonyl (C=O) groups is 3. The number of esters is 1. The number of hydrogen-bond donors (Lipinski definition) is 6. The van der Waals surface area contributed by atoms with Crippen LogP contribution in [0.25, 0.3) is 10.9 Å². The summed E-state index contributed by atoms with van der Waals surface area (Å²) in [6, 6.07) is 36.2. The summed E-state index contributed by atoms with van der Waals surface area (Å²) in [5.74, 6) is 0.587. The van der Waals surface area contributed by atoms with Crippen LogP contribution in [-0.4, -0.2) is 96.7 Å². The minimum Gasteiger partial charge on any atom is -0.506 e. The van der Waals surface area contributed by atoms with Gasteiger partial charge in [-0.05, 0) is 128 Å². The molecular formula is C54H59N5O10. The van der Waals surface area contributed by atoms with E-state index in [9.17, 15) is 29.4 Å². The van der Waals surface area contributed by atoms with Gasteiger partial charge >= 0.3 is 12.1 Å². The molecule has 0 spiro atoms. The number of nitrogens with zero attached hydrogens (tertiary/aromatic N) is 1. The van der Waals surface area contributed by atoms with Crippen LogP contribution in [0.4, 0.5) is 4.79 Å². The molecule has 0 saturated carbocycles. The maximum Gasteiger partial charge on any atom is 0.408 e. The van der Waals surface area contributed by atoms with E-state index in [1.807, 2.05) is 66.7 Å². The molecule has 3 fully saturated rings. The first kappa shape index (κ1) is 48.3. The Morgan fingerprint density at radius 1 is 0.812 bits per heavy atom. The van der Waals surface area contributed by atoms with E-state index in [-0.39, 0.29) is 49.1 Å². The van der Waals surface area contributed by atoms with E-state index >= 15 is 0 Å². The minimum atomic E-state index is -0.971. The molecule has 6 N–H and O–H groups in total. The number of piperidine rings is 3. The molecule has 360 valence electrons. The number of carbonyl (C=O) groups excluding carboxylic acids is 3. The molecule has 0 aliphatic carbocycles. The van der Waals surface area contributed by atoms with Crippen molar-refractivity contribution in [2.45, 2.75) is 63.0 Å². The number of H-pyrrole nitrogens is 1. The number of alkyl carbamates (subject to hydrolysis) is 1. The number of aromatic hydroxyl groups is 1. The zero-order chi connectivity index (χ0) is 48.1. The van der Waals surface area contributed by atoms with Crippen molar-refractivity contribution in [1.29, 1.82) is 0 Å². The van der Waals surface area contributed by atoms with Crippen LogP contribution in [0.1, 0.15) is 76.0 Å². The monoisotopic (exact) mass is 937 g/mol. The molecule has 4 heterocycles. The zero-order valence-electron chi connectivity index (χ0n) is 38.6. The number of phenolic OH excluding ortho intramolecular Hbond substituents is 1. The lowest BCUT2D eigenvalue weighted by Crippen LogP contribution is -2.52. The van der Waals surface area contributed by atoms with E-state index in [0.717, 1.165) is 54.7 Å². The Morgan fingerprint density at radius 3 is 2.30 bits per heavy atom. The highest BCUT2D eigenvalue weighted by Gasteiger charge is 2.37. The van der Waals surface area contributed by atoms with Crippen molar-refractivity contribution in [1.82, 2.24) is 25.8 Å². The number of aliphatic hydroxyl groups is 1. The van der Waals surface area contributed by atoms with Crippen molar-refractivity contribution in [3.63, 3.8) is 0 Å². The fraction of sp³-hybridized carbons (Fsp3) is 0.333. The normalized spacial score (nSPS) is 17.6. The third-order valence-corrected chi connectivity index (χ3v) is 12.8. The van der Waals surface area contributed by atoms with Gasteiger partial charge in [0, 0.05) is 36.5 Å². The van der Waals surface area contributed by atoms with Gasteiger partial charge in [-0.2, -0.15) is 0 Å². The van der Waals surface area contributed by atoms with Gasteiger partial charge in [-0.15, -0.1) is 0 Å². The summed E-state index contributed by atoms with van der Waals surface area (Å²) in [5.41, 5.74) is 4.22. The average molecular weight is 938 g/mol. The largest absolute Gasteiger partial charge is 0.506 e. The molecule has 1 aromatic heterocycles. The number of unbranched alkanes of at least 4 members (excludes halogenated alkanes) is 1. The fourth-order valence-electron chi connectivity index (χ4n) is 9.00. The van der Waals surface area contributed by atoms with E-state index in [4.69, 9.17) is 18.9 Å². The Morgan fingerprint density at radius 2 is 1.57 bits per heavy atom. The Hall–Kier alpha value is -7.20. The van der Waals surface area contributed by atoms with Gasteiger partial charge in [0.05, 0.1) is 31.4 Å². The second kappa shape index (κ2) is 23.2. The second-order valence-electron chi connectivity index (χ2n) is 17.6. The first-order valence-corrected chi connectivity index (χ1v) is 23.5. The number of phenols is 1. The van der Waals surface area contributed by atoms with Crippen molar-refractivity contribution in [2.75, 3.05) is 46.4 Å². The SMILES string of the molecule is COc1ccc(CC(NC(=O)c2ccc(COc3cccc(C(NC(=O)OC4CN5CCC4CC5)c4ccccc4)c3)cc2)C(=O)OCCCCNCC(O)c2ccc(O)c3[nH]c(=O)ccc23)cc1. The lowest BCUT2D eigenvalue weighted by molar-refractivity contribution is -0.146. The summed E-state index contributed by atoms with van der Waals surface area (Å²) in [7, 11) is 1.57. The first-order valence-electron chi connectivity index (χ1n) is 23.5. The molecule has 4 unspecified atom stereocenters. The van der Waals surface area contributed by atoms with Gasteiger partial charge in [-0.25, -0.2) is 9.59 Å². The highest BCUT2D eigenvalue weighted by Crippen LogP contribution is 2.32. The number of rotatable bonds is 21. The van der Waals surface area contributed by atoms with E-state index in [0.29, 0.717) is 53.3 Å². The van der Waals surface area contributed by atoms with Gasteiger partial charge < -0.3 is 50.1 Å². The number of nitrogens with one attached hydrogen (secondary N) is 4. The van der Waals surface area contributed by atoms with E-state index < -0.39 is 36.2 Å². The van der Waals surface area contributed by atoms with Gasteiger partial charge in [0.25, 0.3) is 5.91 Å². The topological polar surface area (TPSA) is 201 Å². The molecule has 0 radical (unpaired) electrons. The molecule has 15 heteroatoms. The van der Waals surface area contributed by atoms with Crippen molar-refractivity contribution in [3.8, 4) is 17.2 Å². The number of aromatic nitrogens is 1. The minimum absolute atomic E-state index is 0.0777. The average Bonchev–Trinajstić information content (AvgIpc) is 3.38. The molecule has 6 aromatic rings. The number of hydrogen-bond acceptors (Lipinski definition) is 12. The molecule has 3 aliphatic heterocycles. The molecule has 2 bridgehead atoms. The molecule has 15 nitrogen and oxygen atoms in total. The Balaban J connectivity index is 0.829. The van der Waals surface area contributed by atoms with Crippen LogP contribution in [-0.2, 0) is 27.3 Å². The molecule has 9 rings (SSSR count). The number of amides is 2. The summed E-state index contributed by atoms with van der Waals surface area (Å²) in [6.45, 7) is 4.00. The molecule has 3 aliphatic rings. The van der Waals surface area contributed by atoms with Gasteiger partial charge in [0.2, 0.25) is 5.56 Å². The van der Waals surface area contributed by atoms with Crippen LogP contribution in [0.3, 0.4) is 0 Å². The maximum atomic E-state index is 13.6. The Labute approximate surface area is 400 Å². The second-order valence-corrected chi connectivity index (χ2v) is 17.6. The van der Waals surface area contributed by atoms with Crippen molar-refractivity contribution in [2.24, 2.45) is 5.92 Å². The standard InChI is InChI=1S/C54H59N5O10/c1-66-41-18-14-35(15-19-41)30-45(53(64)67-29-6-5-26-55-32-47(61)43-20-22-46(60)51-44(43)21-23-49(62)57-51)56-52(63)39-16-12-36(13-17-39)34-68-42-11-7-10-40(31-42)50(38-8-3-2-4-9-38)58-54(65)69-48-33-59-27-24-37(48)25-28-59/h2-4,7-23,31,37,45,47-48,50,55,60-61H,5-6,24-30,32-34H2,1H3,(H,56,63)(H,57,62)(H,58,65). The smallest absolute Gasteiger partial charge is 0.408 e. The summed E-state index contributed by atoms with van der Waals surface area (Å²) in [6.07, 6.45) is 2.02. The maximum absolute atomic E-state index is 13.6. The predicted octanol–water partition coefficient (Wildman–Crippen LogP) is 6.72. The van der Waals surface area contributed by atoms with Gasteiger partial charge in [0.15, 0.2) is 0 Å². The number of aromatic amines is 1. The summed E-state index contributed by atoms with van der Waals surface area (Å²) in [4.78, 5) is 57.2. The predicted molar refractivity (Wildman–Crippen MR) is 260 cm³/mol. The quantitative estimate of drug-likeness (QED) is 0.0330. The number of aliphatic hydroxyl groups excluding tert-OH is 1. The lowest BCUT2D eigenvalue weighted by atomic mass is 9.86. The number of benzene rings is 5. The summed E-state index contributed by atoms with van der Waals surface area (Å²) >= 11 is 0. The van der Waals surface area contributed by atoms with Crippen LogP contribution in [0.5, 0.6) is 17.2 Å². The molecule has 3 saturated heterocycles. The molecule has 2 amide bonds. The molecule has 5 aromatic carbocycles. The summed E-state index contributed by atoms with van der Waals surface area (Å²) < 4.78 is 23.2. The van der Waals surface area contributed by atoms with Crippen molar-refractivity contribution < 1.29 is 43.5 Å². The lowest BCUT2D eigenvalue weighted by Gasteiger charge is -2.43. The van der Waals surface area contributed by atoms with Crippen LogP contribution in [0.2, 0.25) is 0 Å². The van der Waals surface area contributed by atoms with Crippen molar-refractivity contribution in [3.05, 3.63) is 171 Å². The highest BCUT2D eigenvalue weighted by molar-refractivity contribution is 5.97. The molecular weight excluding hydrogens is 879 g/mol. The number of pyridine rings is 1. The van der Waals surface area contributed by atoms with Crippen molar-refractivity contribution >= 4 is 28.9 Å². The zero-order valence-corrected chi connectivity index (χ0v) is 38.6. The Kier molecular flexibility index (Phi) is 16.2. The fourth-order valence-corrected chi connectivity index (χ4v) is 9.00. The Bertz CT molecular complexity index is 2720. The number of ether oxygens (including phenoxy) is 4. The van der Waals surface area contributed by atoms with E-state index in [2.05, 4.69) is 25.8 Å².